The van der Waals surface area contributed by atoms with Crippen LogP contribution in [0.5, 0.6) is 0 Å². The zero-order chi connectivity index (χ0) is 20.2. The number of hydroxylamine groups is 2. The van der Waals surface area contributed by atoms with E-state index in [2.05, 4.69) is 66.5 Å². The topological polar surface area (TPSA) is 54.4 Å². The van der Waals surface area contributed by atoms with Crippen LogP contribution < -0.4 is 4.90 Å². The second-order valence-corrected chi connectivity index (χ2v) is 9.09. The smallest absolute Gasteiger partial charge is 0.229 e. The second kappa shape index (κ2) is 8.82. The van der Waals surface area contributed by atoms with Crippen molar-refractivity contribution in [1.82, 2.24) is 20.0 Å². The van der Waals surface area contributed by atoms with Crippen LogP contribution in [0, 0.1) is 13.8 Å². The predicted molar refractivity (Wildman–Crippen MR) is 111 cm³/mol. The van der Waals surface area contributed by atoms with E-state index in [0.717, 1.165) is 62.9 Å². The van der Waals surface area contributed by atoms with Gasteiger partial charge in [0.15, 0.2) is 0 Å². The summed E-state index contributed by atoms with van der Waals surface area (Å²) < 4.78 is 0. The quantitative estimate of drug-likeness (QED) is 0.667. The molecule has 27 heavy (non-hydrogen) atoms. The first-order valence-electron chi connectivity index (χ1n) is 10.5. The summed E-state index contributed by atoms with van der Waals surface area (Å²) in [5.74, 6) is 2.41. The third-order valence-electron chi connectivity index (χ3n) is 5.29. The Kier molecular flexibility index (Phi) is 7.20. The molecule has 0 atom stereocenters. The van der Waals surface area contributed by atoms with Gasteiger partial charge >= 0.3 is 0 Å². The molecule has 0 radical (unpaired) electrons. The van der Waals surface area contributed by atoms with Crippen molar-refractivity contribution < 1.29 is 4.84 Å². The first kappa shape index (κ1) is 22.0. The Hall–Kier alpha value is -1.27. The molecule has 0 unspecified atom stereocenters. The molecular formula is C21H39N5O. The standard InChI is InChI=1S/C21H39N5O/c1-9-11-12-25(19-23-16(3)22-17(4)24-19)18-14-20(5,6)26(27-13-10-2)21(7,8)15-18/h18H,9-15H2,1-8H3. The minimum atomic E-state index is -0.0524. The molecule has 154 valence electrons. The molecule has 6 nitrogen and oxygen atoms in total. The highest BCUT2D eigenvalue weighted by Crippen LogP contribution is 2.41. The molecule has 0 amide bonds. The number of rotatable bonds is 8. The monoisotopic (exact) mass is 377 g/mol. The number of unbranched alkanes of at least 4 members (excludes halogenated alkanes) is 1. The van der Waals surface area contributed by atoms with Crippen LogP contribution in [-0.2, 0) is 4.84 Å². The van der Waals surface area contributed by atoms with Crippen molar-refractivity contribution in [3.63, 3.8) is 0 Å². The second-order valence-electron chi connectivity index (χ2n) is 9.09. The summed E-state index contributed by atoms with van der Waals surface area (Å²) in [6, 6.07) is 0.379. The molecule has 1 aliphatic heterocycles. The number of piperidine rings is 1. The maximum absolute atomic E-state index is 6.19. The number of aryl methyl sites for hydroxylation is 2. The van der Waals surface area contributed by atoms with Crippen LogP contribution in [0.25, 0.3) is 0 Å². The SMILES string of the molecule is CCCCN(c1nc(C)nc(C)n1)C1CC(C)(C)N(OCCC)C(C)(C)C1. The number of hydrogen-bond acceptors (Lipinski definition) is 6. The van der Waals surface area contributed by atoms with E-state index in [0.29, 0.717) is 6.04 Å². The molecule has 1 fully saturated rings. The Morgan fingerprint density at radius 2 is 1.52 bits per heavy atom. The maximum atomic E-state index is 6.19. The minimum Gasteiger partial charge on any atom is -0.338 e. The molecule has 1 saturated heterocycles. The number of anilines is 1. The molecule has 0 bridgehead atoms. The van der Waals surface area contributed by atoms with E-state index in [4.69, 9.17) is 4.84 Å². The van der Waals surface area contributed by atoms with E-state index in [1.165, 1.54) is 0 Å². The Morgan fingerprint density at radius 3 is 2.00 bits per heavy atom. The fourth-order valence-electron chi connectivity index (χ4n) is 4.46. The van der Waals surface area contributed by atoms with Gasteiger partial charge in [-0.25, -0.2) is 4.98 Å². The molecule has 0 aromatic carbocycles. The molecule has 0 aliphatic carbocycles. The zero-order valence-corrected chi connectivity index (χ0v) is 18.7. The normalized spacial score (nSPS) is 20.0. The molecule has 6 heteroatoms. The summed E-state index contributed by atoms with van der Waals surface area (Å²) >= 11 is 0. The molecule has 1 aromatic heterocycles. The van der Waals surface area contributed by atoms with Gasteiger partial charge in [-0.1, -0.05) is 20.3 Å². The summed E-state index contributed by atoms with van der Waals surface area (Å²) in [6.45, 7) is 19.2. The maximum Gasteiger partial charge on any atom is 0.229 e. The third-order valence-corrected chi connectivity index (χ3v) is 5.29. The molecule has 2 heterocycles. The Morgan fingerprint density at radius 1 is 0.963 bits per heavy atom. The molecule has 0 N–H and O–H groups in total. The van der Waals surface area contributed by atoms with E-state index in [1.807, 2.05) is 13.8 Å². The lowest BCUT2D eigenvalue weighted by atomic mass is 9.78. The van der Waals surface area contributed by atoms with Crippen LogP contribution in [-0.4, -0.2) is 50.3 Å². The van der Waals surface area contributed by atoms with Gasteiger partial charge in [-0.15, -0.1) is 0 Å². The van der Waals surface area contributed by atoms with Crippen LogP contribution in [0.3, 0.4) is 0 Å². The fourth-order valence-corrected chi connectivity index (χ4v) is 4.46. The van der Waals surface area contributed by atoms with E-state index in [1.54, 1.807) is 0 Å². The van der Waals surface area contributed by atoms with Gasteiger partial charge in [0.2, 0.25) is 5.95 Å². The Labute approximate surface area is 165 Å². The van der Waals surface area contributed by atoms with Gasteiger partial charge in [-0.2, -0.15) is 15.0 Å². The van der Waals surface area contributed by atoms with Gasteiger partial charge in [-0.05, 0) is 67.2 Å². The van der Waals surface area contributed by atoms with Crippen LogP contribution in [0.15, 0.2) is 0 Å². The van der Waals surface area contributed by atoms with Crippen molar-refractivity contribution in [2.45, 2.75) is 105 Å². The minimum absolute atomic E-state index is 0.0524. The van der Waals surface area contributed by atoms with Gasteiger partial charge < -0.3 is 4.90 Å². The van der Waals surface area contributed by atoms with Crippen LogP contribution in [0.4, 0.5) is 5.95 Å². The highest BCUT2D eigenvalue weighted by Gasteiger charge is 2.48. The molecule has 0 saturated carbocycles. The zero-order valence-electron chi connectivity index (χ0n) is 18.7. The first-order valence-corrected chi connectivity index (χ1v) is 10.5. The van der Waals surface area contributed by atoms with Crippen LogP contribution in [0.1, 0.15) is 85.3 Å². The lowest BCUT2D eigenvalue weighted by molar-refractivity contribution is -0.282. The number of aromatic nitrogens is 3. The molecular weight excluding hydrogens is 338 g/mol. The largest absolute Gasteiger partial charge is 0.338 e. The van der Waals surface area contributed by atoms with Crippen LogP contribution >= 0.6 is 0 Å². The van der Waals surface area contributed by atoms with Crippen molar-refractivity contribution in [2.75, 3.05) is 18.1 Å². The van der Waals surface area contributed by atoms with Crippen molar-refractivity contribution >= 4 is 5.95 Å². The predicted octanol–water partition coefficient (Wildman–Crippen LogP) is 4.46. The summed E-state index contributed by atoms with van der Waals surface area (Å²) in [7, 11) is 0. The van der Waals surface area contributed by atoms with Gasteiger partial charge in [0.05, 0.1) is 6.61 Å². The van der Waals surface area contributed by atoms with Crippen LogP contribution in [0.2, 0.25) is 0 Å². The molecule has 2 rings (SSSR count). The average molecular weight is 378 g/mol. The van der Waals surface area contributed by atoms with Gasteiger partial charge in [0.1, 0.15) is 11.6 Å². The first-order chi connectivity index (χ1) is 12.6. The van der Waals surface area contributed by atoms with Crippen molar-refractivity contribution in [1.29, 1.82) is 0 Å². The van der Waals surface area contributed by atoms with Gasteiger partial charge in [-0.3, -0.25) is 4.84 Å². The Balaban J connectivity index is 2.33. The summed E-state index contributed by atoms with van der Waals surface area (Å²) in [6.07, 6.45) is 5.36. The Bertz CT molecular complexity index is 578. The number of hydrogen-bond donors (Lipinski definition) is 0. The van der Waals surface area contributed by atoms with Crippen molar-refractivity contribution in [3.8, 4) is 0 Å². The van der Waals surface area contributed by atoms with E-state index >= 15 is 0 Å². The molecule has 1 aliphatic rings. The van der Waals surface area contributed by atoms with E-state index < -0.39 is 0 Å². The highest BCUT2D eigenvalue weighted by molar-refractivity contribution is 5.33. The molecule has 1 aromatic rings. The molecule has 0 spiro atoms. The average Bonchev–Trinajstić information content (AvgIpc) is 2.52. The third kappa shape index (κ3) is 5.38. The number of nitrogens with zero attached hydrogens (tertiary/aromatic N) is 5. The summed E-state index contributed by atoms with van der Waals surface area (Å²) in [4.78, 5) is 22.4. The van der Waals surface area contributed by atoms with Crippen molar-refractivity contribution in [3.05, 3.63) is 11.6 Å². The van der Waals surface area contributed by atoms with Gasteiger partial charge in [0.25, 0.3) is 0 Å². The van der Waals surface area contributed by atoms with Crippen molar-refractivity contribution in [2.24, 2.45) is 0 Å². The van der Waals surface area contributed by atoms with E-state index in [9.17, 15) is 0 Å². The summed E-state index contributed by atoms with van der Waals surface area (Å²) in [5, 5.41) is 2.24. The highest BCUT2D eigenvalue weighted by atomic mass is 16.7. The lowest BCUT2D eigenvalue weighted by Crippen LogP contribution is -2.64. The van der Waals surface area contributed by atoms with E-state index in [-0.39, 0.29) is 11.1 Å². The van der Waals surface area contributed by atoms with Gasteiger partial charge in [0, 0.05) is 23.7 Å². The fraction of sp³-hybridized carbons (Fsp3) is 0.857. The lowest BCUT2D eigenvalue weighted by Gasteiger charge is -2.55. The summed E-state index contributed by atoms with van der Waals surface area (Å²) in [5.41, 5.74) is -0.105.